The summed E-state index contributed by atoms with van der Waals surface area (Å²) >= 11 is 2.68. The Balaban J connectivity index is 1.83. The molecular formula is C23H20N2O6S2. The minimum Gasteiger partial charge on any atom is -0.482 e. The molecule has 170 valence electrons. The van der Waals surface area contributed by atoms with Crippen LogP contribution in [0.25, 0.3) is 6.08 Å². The minimum atomic E-state index is -1.07. The van der Waals surface area contributed by atoms with Gasteiger partial charge in [-0.15, -0.1) is 11.3 Å². The number of benzene rings is 1. The highest BCUT2D eigenvalue weighted by Gasteiger charge is 2.33. The van der Waals surface area contributed by atoms with E-state index in [9.17, 15) is 14.4 Å². The van der Waals surface area contributed by atoms with E-state index in [1.165, 1.54) is 27.2 Å². The van der Waals surface area contributed by atoms with Crippen molar-refractivity contribution in [2.45, 2.75) is 19.9 Å². The Morgan fingerprint density at radius 3 is 2.79 bits per heavy atom. The Morgan fingerprint density at radius 2 is 2.09 bits per heavy atom. The molecule has 8 nitrogen and oxygen atoms in total. The molecule has 2 aromatic heterocycles. The largest absolute Gasteiger partial charge is 0.482 e. The summed E-state index contributed by atoms with van der Waals surface area (Å²) in [6.45, 7) is 3.24. The number of esters is 1. The molecule has 1 aromatic carbocycles. The summed E-state index contributed by atoms with van der Waals surface area (Å²) in [5.41, 5.74) is 1.27. The van der Waals surface area contributed by atoms with Crippen LogP contribution in [-0.2, 0) is 14.3 Å². The number of carboxylic acids is 1. The van der Waals surface area contributed by atoms with Gasteiger partial charge in [-0.05, 0) is 49.1 Å². The van der Waals surface area contributed by atoms with Crippen molar-refractivity contribution in [1.29, 1.82) is 0 Å². The smallest absolute Gasteiger partial charge is 0.341 e. The predicted octanol–water partition coefficient (Wildman–Crippen LogP) is 2.32. The zero-order valence-electron chi connectivity index (χ0n) is 17.8. The molecule has 0 fully saturated rings. The Kier molecular flexibility index (Phi) is 6.57. The minimum absolute atomic E-state index is 0.220. The van der Waals surface area contributed by atoms with Gasteiger partial charge in [-0.3, -0.25) is 9.36 Å². The summed E-state index contributed by atoms with van der Waals surface area (Å²) in [5, 5.41) is 10.7. The first-order valence-electron chi connectivity index (χ1n) is 10.1. The van der Waals surface area contributed by atoms with Crippen molar-refractivity contribution < 1.29 is 24.2 Å². The molecule has 1 N–H and O–H groups in total. The molecule has 1 aliphatic rings. The van der Waals surface area contributed by atoms with Crippen LogP contribution in [0.15, 0.2) is 62.8 Å². The van der Waals surface area contributed by atoms with E-state index in [1.807, 2.05) is 17.5 Å². The van der Waals surface area contributed by atoms with Gasteiger partial charge in [0.15, 0.2) is 11.4 Å². The third-order valence-electron chi connectivity index (χ3n) is 4.85. The lowest BCUT2D eigenvalue weighted by molar-refractivity contribution is -0.140. The second-order valence-corrected chi connectivity index (χ2v) is 9.06. The Bertz CT molecular complexity index is 1420. The lowest BCUT2D eigenvalue weighted by atomic mass is 10.0. The Morgan fingerprint density at radius 1 is 1.27 bits per heavy atom. The lowest BCUT2D eigenvalue weighted by Crippen LogP contribution is -2.39. The number of thiophene rings is 1. The van der Waals surface area contributed by atoms with E-state index in [0.717, 1.165) is 4.88 Å². The van der Waals surface area contributed by atoms with E-state index in [0.29, 0.717) is 31.9 Å². The van der Waals surface area contributed by atoms with Gasteiger partial charge in [-0.25, -0.2) is 14.6 Å². The van der Waals surface area contributed by atoms with Crippen molar-refractivity contribution >= 4 is 40.7 Å². The molecule has 0 aliphatic carbocycles. The second kappa shape index (κ2) is 9.55. The molecule has 1 aliphatic heterocycles. The van der Waals surface area contributed by atoms with Crippen LogP contribution in [-0.4, -0.2) is 34.8 Å². The lowest BCUT2D eigenvalue weighted by Gasteiger charge is -2.23. The highest BCUT2D eigenvalue weighted by molar-refractivity contribution is 7.10. The van der Waals surface area contributed by atoms with Crippen LogP contribution in [0.2, 0.25) is 0 Å². The van der Waals surface area contributed by atoms with Gasteiger partial charge in [0, 0.05) is 4.88 Å². The van der Waals surface area contributed by atoms with Gasteiger partial charge in [0.05, 0.1) is 22.4 Å². The molecule has 0 saturated carbocycles. The number of hydrogen-bond donors (Lipinski definition) is 1. The van der Waals surface area contributed by atoms with E-state index >= 15 is 0 Å². The number of aliphatic carboxylic acids is 1. The number of nitrogens with zero attached hydrogens (tertiary/aromatic N) is 2. The van der Waals surface area contributed by atoms with Crippen LogP contribution in [0, 0.1) is 0 Å². The number of ether oxygens (including phenoxy) is 2. The second-order valence-electron chi connectivity index (χ2n) is 7.07. The first kappa shape index (κ1) is 22.7. The SMILES string of the molecule is CCOC(=O)C1=C(C)N=c2sc(=Cc3cccc(OCC(=O)O)c3)c(=O)n2[C@@H]1c1cccs1. The highest BCUT2D eigenvalue weighted by Crippen LogP contribution is 2.33. The van der Waals surface area contributed by atoms with Gasteiger partial charge in [0.25, 0.3) is 5.56 Å². The normalized spacial score (nSPS) is 15.7. The van der Waals surface area contributed by atoms with E-state index in [4.69, 9.17) is 14.6 Å². The van der Waals surface area contributed by atoms with Crippen LogP contribution < -0.4 is 19.6 Å². The van der Waals surface area contributed by atoms with Crippen LogP contribution in [0.5, 0.6) is 5.75 Å². The van der Waals surface area contributed by atoms with Crippen molar-refractivity contribution in [3.05, 3.63) is 83.2 Å². The predicted molar refractivity (Wildman–Crippen MR) is 124 cm³/mol. The maximum absolute atomic E-state index is 13.5. The molecule has 4 rings (SSSR count). The molecule has 0 bridgehead atoms. The van der Waals surface area contributed by atoms with Crippen molar-refractivity contribution in [3.8, 4) is 5.75 Å². The summed E-state index contributed by atoms with van der Waals surface area (Å²) in [7, 11) is 0. The van der Waals surface area contributed by atoms with Crippen molar-refractivity contribution in [3.63, 3.8) is 0 Å². The molecule has 0 radical (unpaired) electrons. The Hall–Kier alpha value is -3.50. The standard InChI is InChI=1S/C23H20N2O6S2/c1-3-30-22(29)19-13(2)24-23-25(20(19)16-8-5-9-32-16)21(28)17(33-23)11-14-6-4-7-15(10-14)31-12-18(26)27/h4-11,20H,3,12H2,1-2H3,(H,26,27)/t20-/m1/s1. The van der Waals surface area contributed by atoms with Crippen molar-refractivity contribution in [1.82, 2.24) is 4.57 Å². The van der Waals surface area contributed by atoms with Gasteiger partial charge in [0.1, 0.15) is 11.8 Å². The van der Waals surface area contributed by atoms with E-state index < -0.39 is 24.6 Å². The number of fused-ring (bicyclic) bond motifs is 1. The molecule has 0 unspecified atom stereocenters. The zero-order valence-corrected chi connectivity index (χ0v) is 19.4. The number of carboxylic acid groups (broad SMARTS) is 1. The molecular weight excluding hydrogens is 464 g/mol. The van der Waals surface area contributed by atoms with Crippen LogP contribution in [0.3, 0.4) is 0 Å². The molecule has 10 heteroatoms. The summed E-state index contributed by atoms with van der Waals surface area (Å²) in [6.07, 6.45) is 1.70. The fourth-order valence-electron chi connectivity index (χ4n) is 3.50. The molecule has 1 atom stereocenters. The fourth-order valence-corrected chi connectivity index (χ4v) is 5.37. The first-order valence-corrected chi connectivity index (χ1v) is 11.8. The van der Waals surface area contributed by atoms with Gasteiger partial charge in [-0.1, -0.05) is 29.5 Å². The third-order valence-corrected chi connectivity index (χ3v) is 6.76. The van der Waals surface area contributed by atoms with E-state index in [1.54, 1.807) is 44.2 Å². The fraction of sp³-hybridized carbons (Fsp3) is 0.217. The topological polar surface area (TPSA) is 107 Å². The Labute approximate surface area is 196 Å². The van der Waals surface area contributed by atoms with Gasteiger partial charge in [-0.2, -0.15) is 0 Å². The van der Waals surface area contributed by atoms with Crippen LogP contribution >= 0.6 is 22.7 Å². The molecule has 0 spiro atoms. The van der Waals surface area contributed by atoms with Gasteiger partial charge >= 0.3 is 11.9 Å². The highest BCUT2D eigenvalue weighted by atomic mass is 32.1. The monoisotopic (exact) mass is 484 g/mol. The summed E-state index contributed by atoms with van der Waals surface area (Å²) in [6, 6.07) is 9.95. The molecule has 3 heterocycles. The first-order chi connectivity index (χ1) is 15.9. The van der Waals surface area contributed by atoms with Crippen molar-refractivity contribution in [2.75, 3.05) is 13.2 Å². The molecule has 33 heavy (non-hydrogen) atoms. The number of hydrogen-bond acceptors (Lipinski definition) is 8. The van der Waals surface area contributed by atoms with Crippen LogP contribution in [0.1, 0.15) is 30.3 Å². The number of carbonyl (C=O) groups excluding carboxylic acids is 1. The number of carbonyl (C=O) groups is 2. The average Bonchev–Trinajstić information content (AvgIpc) is 3.41. The molecule has 3 aromatic rings. The maximum atomic E-state index is 13.5. The maximum Gasteiger partial charge on any atom is 0.341 e. The van der Waals surface area contributed by atoms with Gasteiger partial charge in [0.2, 0.25) is 0 Å². The van der Waals surface area contributed by atoms with Gasteiger partial charge < -0.3 is 14.6 Å². The quantitative estimate of drug-likeness (QED) is 0.516. The number of allylic oxidation sites excluding steroid dienone is 1. The molecule has 0 amide bonds. The van der Waals surface area contributed by atoms with Crippen LogP contribution in [0.4, 0.5) is 0 Å². The average molecular weight is 485 g/mol. The summed E-state index contributed by atoms with van der Waals surface area (Å²) in [4.78, 5) is 42.8. The number of aromatic nitrogens is 1. The summed E-state index contributed by atoms with van der Waals surface area (Å²) in [5.74, 6) is -1.18. The van der Waals surface area contributed by atoms with E-state index in [2.05, 4.69) is 4.99 Å². The molecule has 0 saturated heterocycles. The third kappa shape index (κ3) is 4.67. The summed E-state index contributed by atoms with van der Waals surface area (Å²) < 4.78 is 12.5. The number of thiazole rings is 1. The number of rotatable bonds is 7. The zero-order chi connectivity index (χ0) is 23.5. The van der Waals surface area contributed by atoms with Crippen molar-refractivity contribution in [2.24, 2.45) is 4.99 Å². The van der Waals surface area contributed by atoms with E-state index in [-0.39, 0.29) is 12.2 Å².